The molecule has 0 atom stereocenters. The average Bonchev–Trinajstić information content (AvgIpc) is 3.17. The van der Waals surface area contributed by atoms with Gasteiger partial charge in [-0.05, 0) is 43.0 Å². The van der Waals surface area contributed by atoms with Crippen LogP contribution in [0.3, 0.4) is 0 Å². The highest BCUT2D eigenvalue weighted by atomic mass is 32.2. The average molecular weight is 541 g/mol. The van der Waals surface area contributed by atoms with Crippen molar-refractivity contribution in [1.29, 1.82) is 0 Å². The normalized spacial score (nSPS) is 13.1. The van der Waals surface area contributed by atoms with Crippen molar-refractivity contribution in [3.05, 3.63) is 36.0 Å². The molecule has 15 heteroatoms. The molecule has 0 N–H and O–H groups in total. The molecule has 0 bridgehead atoms. The summed E-state index contributed by atoms with van der Waals surface area (Å²) in [4.78, 5) is 7.72. The number of sulfone groups is 1. The van der Waals surface area contributed by atoms with E-state index in [2.05, 4.69) is 15.1 Å². The van der Waals surface area contributed by atoms with Crippen molar-refractivity contribution in [1.82, 2.24) is 15.0 Å². The first-order valence-corrected chi connectivity index (χ1v) is 12.4. The molecule has 0 saturated carbocycles. The van der Waals surface area contributed by atoms with Gasteiger partial charge in [0.05, 0.1) is 16.9 Å². The number of oxazole rings is 1. The Morgan fingerprint density at radius 1 is 1.14 bits per heavy atom. The standard InChI is InChI=1S/C20H18F6N4O3S2/c1-3-30(11-19(21,22)23)28-10-12-7-16(35(31,32)4-2)17(27-9-12)18-29-14-8-13(34-20(24,25)26)5-6-15(14)33-18/h5-10H,3-4,11H2,1-2H3/b28-10+. The van der Waals surface area contributed by atoms with Crippen molar-refractivity contribution >= 4 is 38.9 Å². The van der Waals surface area contributed by atoms with Crippen LogP contribution in [-0.2, 0) is 9.84 Å². The van der Waals surface area contributed by atoms with Gasteiger partial charge in [-0.1, -0.05) is 6.92 Å². The Hall–Kier alpha value is -2.81. The van der Waals surface area contributed by atoms with Crippen LogP contribution in [0.25, 0.3) is 22.7 Å². The Bertz CT molecular complexity index is 1340. The van der Waals surface area contributed by atoms with Gasteiger partial charge in [0.2, 0.25) is 5.89 Å². The zero-order chi connectivity index (χ0) is 26.0. The van der Waals surface area contributed by atoms with Gasteiger partial charge in [-0.25, -0.2) is 18.4 Å². The number of aromatic nitrogens is 2. The van der Waals surface area contributed by atoms with Crippen molar-refractivity contribution in [2.45, 2.75) is 35.3 Å². The zero-order valence-electron chi connectivity index (χ0n) is 18.2. The van der Waals surface area contributed by atoms with Crippen molar-refractivity contribution in [2.24, 2.45) is 5.10 Å². The quantitative estimate of drug-likeness (QED) is 0.161. The summed E-state index contributed by atoms with van der Waals surface area (Å²) < 4.78 is 107. The molecular formula is C20H18F6N4O3S2. The van der Waals surface area contributed by atoms with E-state index in [1.807, 2.05) is 0 Å². The molecule has 2 aromatic heterocycles. The fraction of sp³-hybridized carbons (Fsp3) is 0.350. The minimum atomic E-state index is -4.50. The third-order valence-electron chi connectivity index (χ3n) is 4.48. The Labute approximate surface area is 200 Å². The topological polar surface area (TPSA) is 88.7 Å². The van der Waals surface area contributed by atoms with Gasteiger partial charge in [0, 0.05) is 23.2 Å². The maximum atomic E-state index is 12.7. The summed E-state index contributed by atoms with van der Waals surface area (Å²) in [5, 5.41) is 4.49. The number of hydrogen-bond acceptors (Lipinski definition) is 8. The van der Waals surface area contributed by atoms with Crippen LogP contribution >= 0.6 is 11.8 Å². The largest absolute Gasteiger partial charge is 0.446 e. The van der Waals surface area contributed by atoms with E-state index in [9.17, 15) is 34.8 Å². The van der Waals surface area contributed by atoms with E-state index in [1.165, 1.54) is 38.2 Å². The lowest BCUT2D eigenvalue weighted by atomic mass is 10.2. The molecule has 0 saturated heterocycles. The van der Waals surface area contributed by atoms with Crippen LogP contribution in [0.4, 0.5) is 26.3 Å². The van der Waals surface area contributed by atoms with Gasteiger partial charge in [-0.2, -0.15) is 31.4 Å². The van der Waals surface area contributed by atoms with Gasteiger partial charge in [0.15, 0.2) is 15.4 Å². The Morgan fingerprint density at radius 2 is 1.86 bits per heavy atom. The Balaban J connectivity index is 2.02. The number of alkyl halides is 6. The predicted molar refractivity (Wildman–Crippen MR) is 118 cm³/mol. The molecule has 3 rings (SSSR count). The summed E-state index contributed by atoms with van der Waals surface area (Å²) >= 11 is -0.336. The van der Waals surface area contributed by atoms with Gasteiger partial charge >= 0.3 is 11.7 Å². The number of fused-ring (bicyclic) bond motifs is 1. The molecule has 0 amide bonds. The summed E-state index contributed by atoms with van der Waals surface area (Å²) in [7, 11) is -3.91. The van der Waals surface area contributed by atoms with Crippen LogP contribution < -0.4 is 0 Å². The zero-order valence-corrected chi connectivity index (χ0v) is 19.8. The molecule has 2 heterocycles. The van der Waals surface area contributed by atoms with E-state index in [4.69, 9.17) is 4.42 Å². The number of hydrogen-bond donors (Lipinski definition) is 0. The molecule has 0 fully saturated rings. The van der Waals surface area contributed by atoms with Crippen molar-refractivity contribution in [3.8, 4) is 11.6 Å². The number of thioether (sulfide) groups is 1. The smallest absolute Gasteiger partial charge is 0.435 e. The predicted octanol–water partition coefficient (Wildman–Crippen LogP) is 5.51. The molecular weight excluding hydrogens is 522 g/mol. The minimum absolute atomic E-state index is 0.0425. The van der Waals surface area contributed by atoms with Crippen LogP contribution in [0.5, 0.6) is 0 Å². The highest BCUT2D eigenvalue weighted by Gasteiger charge is 2.31. The maximum absolute atomic E-state index is 12.7. The molecule has 0 aliphatic rings. The lowest BCUT2D eigenvalue weighted by molar-refractivity contribution is -0.145. The van der Waals surface area contributed by atoms with Crippen molar-refractivity contribution in [3.63, 3.8) is 0 Å². The number of benzene rings is 1. The highest BCUT2D eigenvalue weighted by molar-refractivity contribution is 8.00. The Kier molecular flexibility index (Phi) is 7.69. The molecule has 190 valence electrons. The van der Waals surface area contributed by atoms with E-state index in [1.54, 1.807) is 0 Å². The number of pyridine rings is 1. The number of rotatable bonds is 8. The first kappa shape index (κ1) is 26.8. The van der Waals surface area contributed by atoms with E-state index < -0.39 is 28.1 Å². The second-order valence-corrected chi connectivity index (χ2v) is 10.4. The summed E-state index contributed by atoms with van der Waals surface area (Å²) in [6, 6.07) is 4.78. The van der Waals surface area contributed by atoms with Crippen LogP contribution in [0, 0.1) is 0 Å². The number of hydrazone groups is 1. The Morgan fingerprint density at radius 3 is 2.46 bits per heavy atom. The fourth-order valence-electron chi connectivity index (χ4n) is 2.88. The van der Waals surface area contributed by atoms with Crippen LogP contribution in [0.2, 0.25) is 0 Å². The molecule has 0 aliphatic carbocycles. The molecule has 3 aromatic rings. The number of nitrogens with zero attached hydrogens (tertiary/aromatic N) is 4. The summed E-state index contributed by atoms with van der Waals surface area (Å²) in [6.45, 7) is 1.53. The SMILES string of the molecule is CCN(CC(F)(F)F)/N=C/c1cnc(-c2nc3cc(SC(F)(F)F)ccc3o2)c(S(=O)(=O)CC)c1. The second-order valence-electron chi connectivity index (χ2n) is 7.06. The third-order valence-corrected chi connectivity index (χ3v) is 6.94. The molecule has 0 radical (unpaired) electrons. The summed E-state index contributed by atoms with van der Waals surface area (Å²) in [5.74, 6) is -0.568. The van der Waals surface area contributed by atoms with Crippen molar-refractivity contribution in [2.75, 3.05) is 18.8 Å². The van der Waals surface area contributed by atoms with Gasteiger partial charge in [0.25, 0.3) is 0 Å². The molecule has 0 spiro atoms. The first-order chi connectivity index (χ1) is 16.2. The lowest BCUT2D eigenvalue weighted by Gasteiger charge is -2.18. The first-order valence-electron chi connectivity index (χ1n) is 9.96. The molecule has 0 unspecified atom stereocenters. The van der Waals surface area contributed by atoms with Gasteiger partial charge in [-0.15, -0.1) is 0 Å². The maximum Gasteiger partial charge on any atom is 0.446 e. The summed E-state index contributed by atoms with van der Waals surface area (Å²) in [5.41, 5.74) is -4.40. The lowest BCUT2D eigenvalue weighted by Crippen LogP contribution is -2.30. The second kappa shape index (κ2) is 10.0. The van der Waals surface area contributed by atoms with E-state index >= 15 is 0 Å². The third kappa shape index (κ3) is 7.10. The summed E-state index contributed by atoms with van der Waals surface area (Å²) in [6.07, 6.45) is -2.25. The van der Waals surface area contributed by atoms with Crippen LogP contribution in [0.1, 0.15) is 19.4 Å². The van der Waals surface area contributed by atoms with Crippen molar-refractivity contribution < 1.29 is 39.2 Å². The van der Waals surface area contributed by atoms with E-state index in [0.717, 1.165) is 17.3 Å². The minimum Gasteiger partial charge on any atom is -0.435 e. The van der Waals surface area contributed by atoms with Gasteiger partial charge in [-0.3, -0.25) is 5.01 Å². The van der Waals surface area contributed by atoms with E-state index in [-0.39, 0.29) is 62.1 Å². The van der Waals surface area contributed by atoms with E-state index in [0.29, 0.717) is 0 Å². The number of halogens is 6. The molecule has 7 nitrogen and oxygen atoms in total. The molecule has 0 aliphatic heterocycles. The van der Waals surface area contributed by atoms with Gasteiger partial charge in [0.1, 0.15) is 17.8 Å². The van der Waals surface area contributed by atoms with Crippen LogP contribution in [-0.4, -0.2) is 60.1 Å². The molecule has 35 heavy (non-hydrogen) atoms. The molecule has 1 aromatic carbocycles. The highest BCUT2D eigenvalue weighted by Crippen LogP contribution is 2.38. The monoisotopic (exact) mass is 540 g/mol. The van der Waals surface area contributed by atoms with Crippen LogP contribution in [0.15, 0.2) is 49.8 Å². The fourth-order valence-corrected chi connectivity index (χ4v) is 4.51. The van der Waals surface area contributed by atoms with Gasteiger partial charge < -0.3 is 4.42 Å².